The number of hydrogen-bond acceptors (Lipinski definition) is 2. The predicted molar refractivity (Wildman–Crippen MR) is 89.7 cm³/mol. The number of nitrogens with zero attached hydrogens (tertiary/aromatic N) is 1. The van der Waals surface area contributed by atoms with Crippen LogP contribution in [0.1, 0.15) is 11.5 Å². The predicted octanol–water partition coefficient (Wildman–Crippen LogP) is 4.18. The third-order valence-electron chi connectivity index (χ3n) is 3.95. The molecule has 1 aliphatic carbocycles. The van der Waals surface area contributed by atoms with Gasteiger partial charge in [-0.05, 0) is 35.9 Å². The van der Waals surface area contributed by atoms with E-state index in [1.165, 1.54) is 0 Å². The van der Waals surface area contributed by atoms with E-state index in [0.717, 1.165) is 15.7 Å². The SMILES string of the molecule is CN(c1ccc(Br)cc1)[C@@H]1C=CC(=O)[C@H]1c1ccccc1. The zero-order valence-electron chi connectivity index (χ0n) is 11.7. The van der Waals surface area contributed by atoms with E-state index in [1.807, 2.05) is 55.6 Å². The van der Waals surface area contributed by atoms with Crippen LogP contribution in [0, 0.1) is 0 Å². The molecule has 2 aromatic carbocycles. The highest BCUT2D eigenvalue weighted by molar-refractivity contribution is 9.10. The van der Waals surface area contributed by atoms with Crippen molar-refractivity contribution in [1.82, 2.24) is 0 Å². The number of carbonyl (C=O) groups is 1. The molecule has 0 unspecified atom stereocenters. The van der Waals surface area contributed by atoms with Gasteiger partial charge in [-0.3, -0.25) is 4.79 Å². The molecule has 0 aliphatic heterocycles. The fourth-order valence-electron chi connectivity index (χ4n) is 2.80. The minimum atomic E-state index is -0.125. The summed E-state index contributed by atoms with van der Waals surface area (Å²) < 4.78 is 1.05. The first kappa shape index (κ1) is 14.1. The summed E-state index contributed by atoms with van der Waals surface area (Å²) in [5, 5.41) is 0. The number of likely N-dealkylation sites (N-methyl/N-ethyl adjacent to an activating group) is 1. The molecule has 0 fully saturated rings. The average molecular weight is 342 g/mol. The van der Waals surface area contributed by atoms with Crippen molar-refractivity contribution in [2.75, 3.05) is 11.9 Å². The molecular weight excluding hydrogens is 326 g/mol. The molecule has 0 bridgehead atoms. The lowest BCUT2D eigenvalue weighted by molar-refractivity contribution is -0.115. The molecule has 0 radical (unpaired) electrons. The number of allylic oxidation sites excluding steroid dienone is 1. The van der Waals surface area contributed by atoms with Crippen LogP contribution >= 0.6 is 15.9 Å². The van der Waals surface area contributed by atoms with Gasteiger partial charge in [-0.1, -0.05) is 52.3 Å². The summed E-state index contributed by atoms with van der Waals surface area (Å²) in [6.07, 6.45) is 3.71. The fraction of sp³-hybridized carbons (Fsp3) is 0.167. The van der Waals surface area contributed by atoms with Crippen molar-refractivity contribution in [1.29, 1.82) is 0 Å². The summed E-state index contributed by atoms with van der Waals surface area (Å²) in [7, 11) is 2.03. The normalized spacial score (nSPS) is 20.8. The number of halogens is 1. The highest BCUT2D eigenvalue weighted by atomic mass is 79.9. The number of ketones is 1. The third kappa shape index (κ3) is 2.79. The molecule has 2 nitrogen and oxygen atoms in total. The Hall–Kier alpha value is -1.87. The molecule has 0 heterocycles. The molecule has 0 saturated carbocycles. The maximum Gasteiger partial charge on any atom is 0.165 e. The minimum absolute atomic E-state index is 0.0566. The third-order valence-corrected chi connectivity index (χ3v) is 4.47. The summed E-state index contributed by atoms with van der Waals surface area (Å²) >= 11 is 3.45. The molecule has 2 atom stereocenters. The van der Waals surface area contributed by atoms with Crippen LogP contribution in [0.2, 0.25) is 0 Å². The van der Waals surface area contributed by atoms with Crippen molar-refractivity contribution < 1.29 is 4.79 Å². The quantitative estimate of drug-likeness (QED) is 0.834. The summed E-state index contributed by atoms with van der Waals surface area (Å²) in [6, 6.07) is 18.2. The lowest BCUT2D eigenvalue weighted by atomic mass is 9.91. The monoisotopic (exact) mass is 341 g/mol. The fourth-order valence-corrected chi connectivity index (χ4v) is 3.06. The maximum atomic E-state index is 12.3. The van der Waals surface area contributed by atoms with Gasteiger partial charge in [-0.15, -0.1) is 0 Å². The van der Waals surface area contributed by atoms with Gasteiger partial charge in [0.25, 0.3) is 0 Å². The Balaban J connectivity index is 1.91. The zero-order chi connectivity index (χ0) is 14.8. The van der Waals surface area contributed by atoms with E-state index in [0.29, 0.717) is 0 Å². The molecule has 0 aromatic heterocycles. The van der Waals surface area contributed by atoms with Gasteiger partial charge in [0.1, 0.15) is 0 Å². The lowest BCUT2D eigenvalue weighted by Gasteiger charge is -2.30. The second-order valence-corrected chi connectivity index (χ2v) is 6.14. The highest BCUT2D eigenvalue weighted by Crippen LogP contribution is 2.32. The Morgan fingerprint density at radius 2 is 1.67 bits per heavy atom. The van der Waals surface area contributed by atoms with E-state index in [9.17, 15) is 4.79 Å². The molecule has 0 N–H and O–H groups in total. The van der Waals surface area contributed by atoms with Crippen molar-refractivity contribution in [2.45, 2.75) is 12.0 Å². The first-order valence-electron chi connectivity index (χ1n) is 6.92. The maximum absolute atomic E-state index is 12.3. The zero-order valence-corrected chi connectivity index (χ0v) is 13.3. The Labute approximate surface area is 133 Å². The molecule has 0 saturated heterocycles. The van der Waals surface area contributed by atoms with Crippen LogP contribution < -0.4 is 4.90 Å². The van der Waals surface area contributed by atoms with E-state index < -0.39 is 0 Å². The largest absolute Gasteiger partial charge is 0.367 e. The summed E-state index contributed by atoms with van der Waals surface area (Å²) in [6.45, 7) is 0. The number of anilines is 1. The first-order chi connectivity index (χ1) is 10.2. The number of hydrogen-bond donors (Lipinski definition) is 0. The second kappa shape index (κ2) is 5.86. The van der Waals surface area contributed by atoms with Gasteiger partial charge in [-0.2, -0.15) is 0 Å². The summed E-state index contributed by atoms with van der Waals surface area (Å²) in [5.41, 5.74) is 2.17. The smallest absolute Gasteiger partial charge is 0.165 e. The van der Waals surface area contributed by atoms with Gasteiger partial charge in [0.15, 0.2) is 5.78 Å². The molecule has 0 spiro atoms. The molecule has 0 amide bonds. The molecule has 1 aliphatic rings. The van der Waals surface area contributed by atoms with E-state index in [1.54, 1.807) is 6.08 Å². The Kier molecular flexibility index (Phi) is 3.93. The Bertz CT molecular complexity index is 663. The van der Waals surface area contributed by atoms with Crippen LogP contribution in [-0.4, -0.2) is 18.9 Å². The van der Waals surface area contributed by atoms with E-state index in [2.05, 4.69) is 33.0 Å². The topological polar surface area (TPSA) is 20.3 Å². The standard InChI is InChI=1S/C18H16BrNO/c1-20(15-9-7-14(19)8-10-15)16-11-12-17(21)18(16)13-5-3-2-4-6-13/h2-12,16,18H,1H3/t16-,18+/m1/s1. The number of rotatable bonds is 3. The summed E-state index contributed by atoms with van der Waals surface area (Å²) in [4.78, 5) is 14.4. The van der Waals surface area contributed by atoms with Crippen molar-refractivity contribution in [3.8, 4) is 0 Å². The minimum Gasteiger partial charge on any atom is -0.367 e. The van der Waals surface area contributed by atoms with E-state index in [4.69, 9.17) is 0 Å². The van der Waals surface area contributed by atoms with Crippen molar-refractivity contribution in [2.24, 2.45) is 0 Å². The Morgan fingerprint density at radius 1 is 1.00 bits per heavy atom. The highest BCUT2D eigenvalue weighted by Gasteiger charge is 2.34. The lowest BCUT2D eigenvalue weighted by Crippen LogP contribution is -2.35. The molecule has 106 valence electrons. The van der Waals surface area contributed by atoms with Gasteiger partial charge in [0.05, 0.1) is 12.0 Å². The number of carbonyl (C=O) groups excluding carboxylic acids is 1. The van der Waals surface area contributed by atoms with Gasteiger partial charge in [0.2, 0.25) is 0 Å². The number of benzene rings is 2. The van der Waals surface area contributed by atoms with Crippen LogP contribution in [0.25, 0.3) is 0 Å². The molecule has 3 rings (SSSR count). The van der Waals surface area contributed by atoms with Crippen LogP contribution in [0.3, 0.4) is 0 Å². The molecule has 21 heavy (non-hydrogen) atoms. The summed E-state index contributed by atoms with van der Waals surface area (Å²) in [5.74, 6) is 0.0509. The Morgan fingerprint density at radius 3 is 2.33 bits per heavy atom. The van der Waals surface area contributed by atoms with Crippen LogP contribution in [0.15, 0.2) is 71.2 Å². The van der Waals surface area contributed by atoms with Crippen LogP contribution in [0.4, 0.5) is 5.69 Å². The molecule has 3 heteroatoms. The van der Waals surface area contributed by atoms with Gasteiger partial charge >= 0.3 is 0 Å². The second-order valence-electron chi connectivity index (χ2n) is 5.23. The molecule has 2 aromatic rings. The molecular formula is C18H16BrNO. The van der Waals surface area contributed by atoms with E-state index in [-0.39, 0.29) is 17.7 Å². The average Bonchev–Trinajstić information content (AvgIpc) is 2.90. The van der Waals surface area contributed by atoms with Crippen molar-refractivity contribution in [3.63, 3.8) is 0 Å². The van der Waals surface area contributed by atoms with Crippen LogP contribution in [0.5, 0.6) is 0 Å². The van der Waals surface area contributed by atoms with Crippen molar-refractivity contribution >= 4 is 27.4 Å². The van der Waals surface area contributed by atoms with Gasteiger partial charge in [-0.25, -0.2) is 0 Å². The van der Waals surface area contributed by atoms with Crippen LogP contribution in [-0.2, 0) is 4.79 Å². The van der Waals surface area contributed by atoms with Crippen molar-refractivity contribution in [3.05, 3.63) is 76.8 Å². The van der Waals surface area contributed by atoms with Gasteiger partial charge in [0, 0.05) is 17.2 Å². The van der Waals surface area contributed by atoms with Gasteiger partial charge < -0.3 is 4.90 Å². The van der Waals surface area contributed by atoms with E-state index >= 15 is 0 Å². The first-order valence-corrected chi connectivity index (χ1v) is 7.71.